The fourth-order valence-electron chi connectivity index (χ4n) is 2.77. The van der Waals surface area contributed by atoms with Crippen LogP contribution in [0, 0.1) is 0 Å². The van der Waals surface area contributed by atoms with Gasteiger partial charge in [0.2, 0.25) is 5.91 Å². The van der Waals surface area contributed by atoms with Crippen LogP contribution < -0.4 is 15.4 Å². The molecular weight excluding hydrogens is 436 g/mol. The summed E-state index contributed by atoms with van der Waals surface area (Å²) in [6.45, 7) is 0. The molecule has 0 aliphatic carbocycles. The van der Waals surface area contributed by atoms with Crippen LogP contribution in [-0.2, 0) is 19.4 Å². The second-order valence-electron chi connectivity index (χ2n) is 8.00. The molecule has 0 bridgehead atoms. The Kier molecular flexibility index (Phi) is 8.14. The first kappa shape index (κ1) is 24.7. The first-order valence-electron chi connectivity index (χ1n) is 9.59. The van der Waals surface area contributed by atoms with Crippen LogP contribution in [0.15, 0.2) is 53.4 Å². The molecule has 0 aliphatic rings. The third kappa shape index (κ3) is 7.91. The number of rotatable bonds is 9. The van der Waals surface area contributed by atoms with Crippen molar-refractivity contribution in [2.24, 2.45) is 0 Å². The maximum Gasteiger partial charge on any atom is 0.251 e. The molecular formula is C22H30N2O5S2. The highest BCUT2D eigenvalue weighted by Crippen LogP contribution is 2.45. The zero-order valence-corrected chi connectivity index (χ0v) is 20.1. The van der Waals surface area contributed by atoms with Crippen molar-refractivity contribution in [1.29, 1.82) is 0 Å². The van der Waals surface area contributed by atoms with E-state index >= 15 is 0 Å². The lowest BCUT2D eigenvalue weighted by Gasteiger charge is -2.26. The topological polar surface area (TPSA) is 102 Å². The normalized spacial score (nSPS) is 13.2. The summed E-state index contributed by atoms with van der Waals surface area (Å²) < 4.78 is 27.9. The number of benzene rings is 2. The predicted molar refractivity (Wildman–Crippen MR) is 127 cm³/mol. The van der Waals surface area contributed by atoms with Gasteiger partial charge in [0.05, 0.1) is 12.9 Å². The molecule has 0 radical (unpaired) electrons. The van der Waals surface area contributed by atoms with Crippen molar-refractivity contribution in [3.63, 3.8) is 0 Å². The highest BCUT2D eigenvalue weighted by Gasteiger charge is 2.24. The van der Waals surface area contributed by atoms with Crippen molar-refractivity contribution >= 4 is 37.4 Å². The second-order valence-corrected chi connectivity index (χ2v) is 14.4. The van der Waals surface area contributed by atoms with E-state index in [0.717, 1.165) is 6.26 Å². The second kappa shape index (κ2) is 10.2. The van der Waals surface area contributed by atoms with Gasteiger partial charge in [-0.25, -0.2) is 18.4 Å². The summed E-state index contributed by atoms with van der Waals surface area (Å²) in [5.74, 6) is -0.611. The molecule has 0 spiro atoms. The molecule has 0 aromatic heterocycles. The van der Waals surface area contributed by atoms with Crippen LogP contribution in [0.4, 0.5) is 5.69 Å². The molecule has 2 amide bonds. The van der Waals surface area contributed by atoms with Gasteiger partial charge in [-0.15, -0.1) is 0 Å². The number of ether oxygens (including phenoxy) is 1. The van der Waals surface area contributed by atoms with E-state index in [1.165, 1.54) is 12.0 Å². The predicted octanol–water partition coefficient (Wildman–Crippen LogP) is 2.98. The molecule has 0 aliphatic heterocycles. The molecule has 2 aromatic carbocycles. The largest absolute Gasteiger partial charge is 0.497 e. The monoisotopic (exact) mass is 466 g/mol. The standard InChI is InChI=1S/C22H30N2O5S2/c1-29-18-10-6-16(7-11-18)21(24-20(25)14-15-31(5,27)28)22(26)23-17-8-12-19(13-9-17)30(2,3)4/h6-13,21H,14-15H2,1-5H3,(H,23,26)(H,24,25). The summed E-state index contributed by atoms with van der Waals surface area (Å²) in [6.07, 6.45) is 7.41. The van der Waals surface area contributed by atoms with Gasteiger partial charge in [-0.2, -0.15) is 0 Å². The van der Waals surface area contributed by atoms with Gasteiger partial charge in [0, 0.05) is 18.4 Å². The van der Waals surface area contributed by atoms with Crippen LogP contribution in [0.2, 0.25) is 0 Å². The first-order chi connectivity index (χ1) is 14.4. The molecule has 2 rings (SSSR count). The summed E-state index contributed by atoms with van der Waals surface area (Å²) >= 11 is 0. The summed E-state index contributed by atoms with van der Waals surface area (Å²) in [5.41, 5.74) is 1.17. The van der Waals surface area contributed by atoms with Crippen molar-refractivity contribution in [1.82, 2.24) is 5.32 Å². The third-order valence-electron chi connectivity index (χ3n) is 4.55. The molecule has 0 heterocycles. The van der Waals surface area contributed by atoms with Crippen LogP contribution >= 0.6 is 10.0 Å². The van der Waals surface area contributed by atoms with Crippen LogP contribution in [0.5, 0.6) is 5.75 Å². The smallest absolute Gasteiger partial charge is 0.251 e. The summed E-state index contributed by atoms with van der Waals surface area (Å²) in [5, 5.41) is 5.48. The SMILES string of the molecule is COc1ccc(C(NC(=O)CCS(C)(=O)=O)C(=O)Nc2ccc(S(C)(C)C)cc2)cc1. The maximum absolute atomic E-state index is 13.0. The van der Waals surface area contributed by atoms with Crippen molar-refractivity contribution < 1.29 is 22.7 Å². The summed E-state index contributed by atoms with van der Waals surface area (Å²) in [7, 11) is -2.63. The Hall–Kier alpha value is -2.52. The minimum Gasteiger partial charge on any atom is -0.497 e. The molecule has 1 atom stereocenters. The minimum absolute atomic E-state index is 0.220. The van der Waals surface area contributed by atoms with Crippen molar-refractivity contribution in [3.8, 4) is 5.75 Å². The van der Waals surface area contributed by atoms with E-state index in [1.807, 2.05) is 24.3 Å². The number of methoxy groups -OCH3 is 1. The fraction of sp³-hybridized carbons (Fsp3) is 0.364. The zero-order valence-electron chi connectivity index (χ0n) is 18.5. The van der Waals surface area contributed by atoms with Gasteiger partial charge in [0.15, 0.2) is 0 Å². The number of hydrogen-bond acceptors (Lipinski definition) is 5. The first-order valence-corrected chi connectivity index (χ1v) is 14.5. The number of sulfone groups is 1. The summed E-state index contributed by atoms with van der Waals surface area (Å²) in [4.78, 5) is 26.6. The Balaban J connectivity index is 2.21. The average Bonchev–Trinajstić information content (AvgIpc) is 2.70. The highest BCUT2D eigenvalue weighted by molar-refractivity contribution is 8.32. The molecule has 0 saturated heterocycles. The molecule has 9 heteroatoms. The van der Waals surface area contributed by atoms with Gasteiger partial charge in [-0.3, -0.25) is 9.59 Å². The van der Waals surface area contributed by atoms with Gasteiger partial charge in [0.1, 0.15) is 21.6 Å². The lowest BCUT2D eigenvalue weighted by molar-refractivity contribution is -0.126. The van der Waals surface area contributed by atoms with Crippen molar-refractivity contribution in [2.75, 3.05) is 43.2 Å². The van der Waals surface area contributed by atoms with E-state index in [9.17, 15) is 18.0 Å². The average molecular weight is 467 g/mol. The number of nitrogens with one attached hydrogen (secondary N) is 2. The quantitative estimate of drug-likeness (QED) is 0.592. The van der Waals surface area contributed by atoms with Crippen LogP contribution in [0.1, 0.15) is 18.0 Å². The van der Waals surface area contributed by atoms with Crippen molar-refractivity contribution in [3.05, 3.63) is 54.1 Å². The van der Waals surface area contributed by atoms with Gasteiger partial charge < -0.3 is 15.4 Å². The van der Waals surface area contributed by atoms with Gasteiger partial charge in [-0.05, 0) is 65.6 Å². The Morgan fingerprint density at radius 1 is 0.935 bits per heavy atom. The molecule has 1 unspecified atom stereocenters. The number of hydrogen-bond donors (Lipinski definition) is 2. The molecule has 2 N–H and O–H groups in total. The molecule has 31 heavy (non-hydrogen) atoms. The van der Waals surface area contributed by atoms with E-state index in [4.69, 9.17) is 4.74 Å². The third-order valence-corrected chi connectivity index (χ3v) is 7.18. The molecule has 0 saturated carbocycles. The number of carbonyl (C=O) groups excluding carboxylic acids is 2. The van der Waals surface area contributed by atoms with Crippen LogP contribution in [0.25, 0.3) is 0 Å². The molecule has 170 valence electrons. The van der Waals surface area contributed by atoms with Gasteiger partial charge in [-0.1, -0.05) is 12.1 Å². The molecule has 2 aromatic rings. The van der Waals surface area contributed by atoms with E-state index in [2.05, 4.69) is 29.4 Å². The molecule has 7 nitrogen and oxygen atoms in total. The lowest BCUT2D eigenvalue weighted by atomic mass is 10.1. The van der Waals surface area contributed by atoms with E-state index in [1.54, 1.807) is 24.3 Å². The number of carbonyl (C=O) groups is 2. The number of amides is 2. The fourth-order valence-corrected chi connectivity index (χ4v) is 4.28. The summed E-state index contributed by atoms with van der Waals surface area (Å²) in [6, 6.07) is 13.4. The van der Waals surface area contributed by atoms with Gasteiger partial charge in [0.25, 0.3) is 5.91 Å². The lowest BCUT2D eigenvalue weighted by Crippen LogP contribution is -2.37. The Bertz CT molecular complexity index is 1010. The van der Waals surface area contributed by atoms with E-state index < -0.39 is 37.7 Å². The minimum atomic E-state index is -3.29. The van der Waals surface area contributed by atoms with Gasteiger partial charge >= 0.3 is 0 Å². The highest BCUT2D eigenvalue weighted by atomic mass is 32.3. The Morgan fingerprint density at radius 3 is 2.00 bits per heavy atom. The van der Waals surface area contributed by atoms with Crippen LogP contribution in [0.3, 0.4) is 0 Å². The van der Waals surface area contributed by atoms with E-state index in [0.29, 0.717) is 17.0 Å². The van der Waals surface area contributed by atoms with Crippen LogP contribution in [-0.4, -0.2) is 58.1 Å². The van der Waals surface area contributed by atoms with E-state index in [-0.39, 0.29) is 12.2 Å². The Labute approximate surface area is 185 Å². The van der Waals surface area contributed by atoms with Crippen molar-refractivity contribution in [2.45, 2.75) is 17.4 Å². The Morgan fingerprint density at radius 2 is 1.52 bits per heavy atom. The molecule has 0 fully saturated rings. The maximum atomic E-state index is 13.0. The zero-order chi connectivity index (χ0) is 23.2. The number of anilines is 1.